The van der Waals surface area contributed by atoms with Crippen LogP contribution in [0.15, 0.2) is 53.7 Å². The Morgan fingerprint density at radius 1 is 1.07 bits per heavy atom. The molecule has 0 saturated heterocycles. The molecule has 0 bridgehead atoms. The van der Waals surface area contributed by atoms with Gasteiger partial charge in [0, 0.05) is 0 Å². The summed E-state index contributed by atoms with van der Waals surface area (Å²) in [6.07, 6.45) is 1.72. The molecule has 2 aromatic carbocycles. The van der Waals surface area contributed by atoms with Gasteiger partial charge in [0.25, 0.3) is 0 Å². The van der Waals surface area contributed by atoms with Crippen molar-refractivity contribution in [3.05, 3.63) is 70.9 Å². The van der Waals surface area contributed by atoms with Crippen LogP contribution >= 0.6 is 12.6 Å². The van der Waals surface area contributed by atoms with E-state index < -0.39 is 0 Å². The average molecular weight is 387 g/mol. The third-order valence-corrected chi connectivity index (χ3v) is 4.81. The third kappa shape index (κ3) is 3.40. The fraction of sp³-hybridized carbons (Fsp3) is 0.150. The van der Waals surface area contributed by atoms with Crippen LogP contribution in [-0.2, 0) is 6.54 Å². The third-order valence-electron chi connectivity index (χ3n) is 4.38. The topological polar surface area (TPSA) is 85.2 Å². The Labute approximate surface area is 167 Å². The van der Waals surface area contributed by atoms with Gasteiger partial charge in [0.2, 0.25) is 0 Å². The van der Waals surface area contributed by atoms with Crippen LogP contribution in [0, 0.1) is 25.2 Å². The van der Waals surface area contributed by atoms with Gasteiger partial charge in [-0.05, 0) is 65.2 Å². The van der Waals surface area contributed by atoms with E-state index in [2.05, 4.69) is 71.4 Å². The number of tetrazole rings is 1. The molecule has 0 atom stereocenters. The number of benzene rings is 2. The van der Waals surface area contributed by atoms with Gasteiger partial charge < -0.3 is 0 Å². The number of aromatic nitrogens is 6. The number of aryl methyl sites for hydroxylation is 2. The van der Waals surface area contributed by atoms with E-state index in [1.54, 1.807) is 27.7 Å². The molecule has 0 saturated carbocycles. The maximum atomic E-state index is 8.93. The van der Waals surface area contributed by atoms with Gasteiger partial charge in [-0.2, -0.15) is 10.4 Å². The Kier molecular flexibility index (Phi) is 4.67. The molecule has 0 aliphatic carbocycles. The minimum Gasteiger partial charge on any atom is -0.227 e. The van der Waals surface area contributed by atoms with E-state index in [-0.39, 0.29) is 0 Å². The smallest absolute Gasteiger partial charge is 0.186 e. The van der Waals surface area contributed by atoms with Crippen molar-refractivity contribution in [2.24, 2.45) is 0 Å². The lowest BCUT2D eigenvalue weighted by molar-refractivity contribution is 0.652. The standard InChI is InChI=1S/C20H17N7S/c1-13-7-14(2)9-17(8-13)27-20(28)18(11-22-27)19-23-24-25-26(19)12-16-5-3-15(10-21)4-6-16/h3-9,11,28H,12H2,1-2H3. The molecule has 4 aromatic rings. The van der Waals surface area contributed by atoms with Gasteiger partial charge in [0.05, 0.1) is 35.6 Å². The Hall–Kier alpha value is -3.44. The van der Waals surface area contributed by atoms with Crippen molar-refractivity contribution in [1.82, 2.24) is 30.0 Å². The first-order valence-corrected chi connectivity index (χ1v) is 9.11. The molecule has 2 heterocycles. The summed E-state index contributed by atoms with van der Waals surface area (Å²) < 4.78 is 3.48. The zero-order valence-corrected chi connectivity index (χ0v) is 16.3. The van der Waals surface area contributed by atoms with Gasteiger partial charge in [-0.25, -0.2) is 9.36 Å². The second kappa shape index (κ2) is 7.29. The maximum absolute atomic E-state index is 8.93. The molecule has 0 aliphatic heterocycles. The van der Waals surface area contributed by atoms with E-state index in [0.717, 1.165) is 27.9 Å². The molecule has 0 radical (unpaired) electrons. The number of hydrogen-bond donors (Lipinski definition) is 1. The first-order chi connectivity index (χ1) is 13.5. The molecular formula is C20H17N7S. The lowest BCUT2D eigenvalue weighted by Crippen LogP contribution is -2.05. The predicted octanol–water partition coefficient (Wildman–Crippen LogP) is 3.35. The van der Waals surface area contributed by atoms with Gasteiger partial charge in [-0.15, -0.1) is 17.7 Å². The average Bonchev–Trinajstić information content (AvgIpc) is 3.27. The number of nitrogens with zero attached hydrogens (tertiary/aromatic N) is 7. The van der Waals surface area contributed by atoms with E-state index in [1.807, 2.05) is 12.1 Å². The lowest BCUT2D eigenvalue weighted by Gasteiger charge is -2.08. The zero-order valence-electron chi connectivity index (χ0n) is 15.4. The summed E-state index contributed by atoms with van der Waals surface area (Å²) >= 11 is 4.68. The van der Waals surface area contributed by atoms with Crippen LogP contribution in [0.4, 0.5) is 0 Å². The Balaban J connectivity index is 1.68. The fourth-order valence-corrected chi connectivity index (χ4v) is 3.45. The summed E-state index contributed by atoms with van der Waals surface area (Å²) in [7, 11) is 0. The molecule has 0 aliphatic rings. The molecule has 4 rings (SSSR count). The molecule has 8 heteroatoms. The van der Waals surface area contributed by atoms with E-state index in [1.165, 1.54) is 0 Å². The summed E-state index contributed by atoms with van der Waals surface area (Å²) in [4.78, 5) is 0. The number of nitriles is 1. The summed E-state index contributed by atoms with van der Waals surface area (Å²) in [5.41, 5.74) is 5.62. The van der Waals surface area contributed by atoms with Gasteiger partial charge in [-0.3, -0.25) is 0 Å². The van der Waals surface area contributed by atoms with Gasteiger partial charge in [0.15, 0.2) is 5.82 Å². The Morgan fingerprint density at radius 2 is 1.79 bits per heavy atom. The highest BCUT2D eigenvalue weighted by Crippen LogP contribution is 2.27. The highest BCUT2D eigenvalue weighted by atomic mass is 32.1. The molecule has 0 N–H and O–H groups in total. The molecule has 2 aromatic heterocycles. The molecule has 7 nitrogen and oxygen atoms in total. The van der Waals surface area contributed by atoms with E-state index in [0.29, 0.717) is 23.0 Å². The van der Waals surface area contributed by atoms with Gasteiger partial charge in [0.1, 0.15) is 5.03 Å². The number of hydrogen-bond acceptors (Lipinski definition) is 6. The zero-order chi connectivity index (χ0) is 19.7. The summed E-state index contributed by atoms with van der Waals surface area (Å²) in [6.45, 7) is 4.59. The summed E-state index contributed by atoms with van der Waals surface area (Å²) in [6, 6.07) is 15.7. The van der Waals surface area contributed by atoms with Crippen LogP contribution in [0.5, 0.6) is 0 Å². The normalized spacial score (nSPS) is 10.8. The highest BCUT2D eigenvalue weighted by Gasteiger charge is 2.17. The highest BCUT2D eigenvalue weighted by molar-refractivity contribution is 7.80. The first kappa shape index (κ1) is 17.9. The number of rotatable bonds is 4. The minimum atomic E-state index is 0.482. The van der Waals surface area contributed by atoms with Gasteiger partial charge >= 0.3 is 0 Å². The molecular weight excluding hydrogens is 370 g/mol. The molecule has 0 spiro atoms. The van der Waals surface area contributed by atoms with Gasteiger partial charge in [-0.1, -0.05) is 18.2 Å². The van der Waals surface area contributed by atoms with Crippen LogP contribution in [0.3, 0.4) is 0 Å². The number of thiol groups is 1. The monoisotopic (exact) mass is 387 g/mol. The quantitative estimate of drug-likeness (QED) is 0.543. The van der Waals surface area contributed by atoms with Crippen LogP contribution in [-0.4, -0.2) is 30.0 Å². The lowest BCUT2D eigenvalue weighted by atomic mass is 10.1. The summed E-state index contributed by atoms with van der Waals surface area (Å²) in [5.74, 6) is 0.588. The van der Waals surface area contributed by atoms with Crippen LogP contribution in [0.25, 0.3) is 17.1 Å². The molecule has 138 valence electrons. The van der Waals surface area contributed by atoms with Crippen molar-refractivity contribution in [2.75, 3.05) is 0 Å². The molecule has 0 amide bonds. The van der Waals surface area contributed by atoms with Crippen molar-refractivity contribution in [1.29, 1.82) is 5.26 Å². The maximum Gasteiger partial charge on any atom is 0.186 e. The molecule has 28 heavy (non-hydrogen) atoms. The summed E-state index contributed by atoms with van der Waals surface area (Å²) in [5, 5.41) is 26.2. The van der Waals surface area contributed by atoms with E-state index in [4.69, 9.17) is 5.26 Å². The van der Waals surface area contributed by atoms with Crippen molar-refractivity contribution in [3.63, 3.8) is 0 Å². The minimum absolute atomic E-state index is 0.482. The van der Waals surface area contributed by atoms with Crippen molar-refractivity contribution >= 4 is 12.6 Å². The molecule has 0 fully saturated rings. The van der Waals surface area contributed by atoms with Crippen LogP contribution < -0.4 is 0 Å². The Morgan fingerprint density at radius 3 is 2.46 bits per heavy atom. The van der Waals surface area contributed by atoms with Crippen molar-refractivity contribution < 1.29 is 0 Å². The van der Waals surface area contributed by atoms with E-state index in [9.17, 15) is 0 Å². The second-order valence-corrected chi connectivity index (χ2v) is 7.03. The SMILES string of the molecule is Cc1cc(C)cc(-n2ncc(-c3nnnn3Cc3ccc(C#N)cc3)c2S)c1. The van der Waals surface area contributed by atoms with E-state index >= 15 is 0 Å². The largest absolute Gasteiger partial charge is 0.227 e. The van der Waals surface area contributed by atoms with Crippen LogP contribution in [0.2, 0.25) is 0 Å². The fourth-order valence-electron chi connectivity index (χ4n) is 3.12. The first-order valence-electron chi connectivity index (χ1n) is 8.66. The van der Waals surface area contributed by atoms with Crippen molar-refractivity contribution in [3.8, 4) is 23.1 Å². The van der Waals surface area contributed by atoms with Crippen molar-refractivity contribution in [2.45, 2.75) is 25.4 Å². The predicted molar refractivity (Wildman–Crippen MR) is 107 cm³/mol. The second-order valence-electron chi connectivity index (χ2n) is 6.61. The molecule has 0 unspecified atom stereocenters. The Bertz CT molecular complexity index is 1160. The van der Waals surface area contributed by atoms with Crippen LogP contribution in [0.1, 0.15) is 22.3 Å².